The Kier molecular flexibility index (Phi) is 6.84. The lowest BCUT2D eigenvalue weighted by Crippen LogP contribution is -2.18. The molecule has 2 aromatic rings. The van der Waals surface area contributed by atoms with E-state index in [1.807, 2.05) is 43.3 Å². The molecule has 25 heavy (non-hydrogen) atoms. The van der Waals surface area contributed by atoms with Crippen LogP contribution >= 0.6 is 15.9 Å². The van der Waals surface area contributed by atoms with Gasteiger partial charge < -0.3 is 18.9 Å². The Morgan fingerprint density at radius 1 is 1.12 bits per heavy atom. The summed E-state index contributed by atoms with van der Waals surface area (Å²) in [5.74, 6) is 0.0513. The van der Waals surface area contributed by atoms with E-state index in [9.17, 15) is 4.79 Å². The molecule has 0 heterocycles. The molecule has 0 spiro atoms. The first kappa shape index (κ1) is 19.3. The standard InChI is InChI=1S/C19H21BrO5/c1-12-8-9-16(23-3)14(10-12)17(19(21)24-4)13-6-5-7-15(20)18(13)25-11-22-2/h5-10,17H,11H2,1-4H3. The first-order valence-electron chi connectivity index (χ1n) is 7.66. The van der Waals surface area contributed by atoms with E-state index >= 15 is 0 Å². The molecule has 1 unspecified atom stereocenters. The SMILES string of the molecule is COCOc1c(Br)cccc1C(C(=O)OC)c1cc(C)ccc1OC. The Balaban J connectivity index is 2.66. The summed E-state index contributed by atoms with van der Waals surface area (Å²) in [4.78, 5) is 12.6. The molecule has 2 aromatic carbocycles. The first-order valence-corrected chi connectivity index (χ1v) is 8.45. The van der Waals surface area contributed by atoms with Gasteiger partial charge in [0.15, 0.2) is 6.79 Å². The third-order valence-electron chi connectivity index (χ3n) is 3.76. The molecule has 0 fully saturated rings. The number of benzene rings is 2. The molecule has 0 aromatic heterocycles. The van der Waals surface area contributed by atoms with Crippen LogP contribution in [0.5, 0.6) is 11.5 Å². The smallest absolute Gasteiger partial charge is 0.317 e. The Hall–Kier alpha value is -2.05. The summed E-state index contributed by atoms with van der Waals surface area (Å²) in [7, 11) is 4.48. The molecule has 0 amide bonds. The maximum absolute atomic E-state index is 12.6. The summed E-state index contributed by atoms with van der Waals surface area (Å²) in [5.41, 5.74) is 2.40. The van der Waals surface area contributed by atoms with Crippen molar-refractivity contribution in [1.82, 2.24) is 0 Å². The minimum Gasteiger partial charge on any atom is -0.496 e. The summed E-state index contributed by atoms with van der Waals surface area (Å²) in [5, 5.41) is 0. The molecule has 0 aliphatic heterocycles. The van der Waals surface area contributed by atoms with Crippen molar-refractivity contribution in [3.63, 3.8) is 0 Å². The molecule has 0 N–H and O–H groups in total. The predicted molar refractivity (Wildman–Crippen MR) is 98.2 cm³/mol. The molecule has 134 valence electrons. The minimum atomic E-state index is -0.691. The van der Waals surface area contributed by atoms with E-state index in [1.54, 1.807) is 7.11 Å². The van der Waals surface area contributed by atoms with E-state index in [2.05, 4.69) is 15.9 Å². The van der Waals surface area contributed by atoms with Gasteiger partial charge in [-0.25, -0.2) is 0 Å². The Bertz CT molecular complexity index is 745. The second-order valence-corrected chi connectivity index (χ2v) is 6.26. The van der Waals surface area contributed by atoms with Crippen LogP contribution in [-0.2, 0) is 14.3 Å². The van der Waals surface area contributed by atoms with Crippen molar-refractivity contribution in [1.29, 1.82) is 0 Å². The van der Waals surface area contributed by atoms with E-state index in [1.165, 1.54) is 14.2 Å². The number of esters is 1. The molecular weight excluding hydrogens is 388 g/mol. The van der Waals surface area contributed by atoms with Gasteiger partial charge in [-0.3, -0.25) is 4.79 Å². The lowest BCUT2D eigenvalue weighted by molar-refractivity contribution is -0.141. The topological polar surface area (TPSA) is 54.0 Å². The number of ether oxygens (including phenoxy) is 4. The van der Waals surface area contributed by atoms with Gasteiger partial charge >= 0.3 is 5.97 Å². The first-order chi connectivity index (χ1) is 12.0. The van der Waals surface area contributed by atoms with E-state index in [0.29, 0.717) is 17.1 Å². The van der Waals surface area contributed by atoms with Crippen LogP contribution in [0.3, 0.4) is 0 Å². The molecule has 0 aliphatic carbocycles. The van der Waals surface area contributed by atoms with Crippen molar-refractivity contribution in [2.75, 3.05) is 28.1 Å². The van der Waals surface area contributed by atoms with Crippen LogP contribution in [0.25, 0.3) is 0 Å². The Morgan fingerprint density at radius 3 is 2.52 bits per heavy atom. The maximum Gasteiger partial charge on any atom is 0.317 e. The number of methoxy groups -OCH3 is 3. The van der Waals surface area contributed by atoms with Crippen LogP contribution in [0.15, 0.2) is 40.9 Å². The fourth-order valence-corrected chi connectivity index (χ4v) is 3.14. The Morgan fingerprint density at radius 2 is 1.88 bits per heavy atom. The van der Waals surface area contributed by atoms with Crippen molar-refractivity contribution >= 4 is 21.9 Å². The highest BCUT2D eigenvalue weighted by Gasteiger charge is 2.30. The van der Waals surface area contributed by atoms with Gasteiger partial charge in [0.05, 0.1) is 18.7 Å². The number of hydrogen-bond donors (Lipinski definition) is 0. The fraction of sp³-hybridized carbons (Fsp3) is 0.316. The molecule has 0 bridgehead atoms. The molecule has 6 heteroatoms. The zero-order chi connectivity index (χ0) is 18.4. The van der Waals surface area contributed by atoms with Gasteiger partial charge in [0.25, 0.3) is 0 Å². The lowest BCUT2D eigenvalue weighted by atomic mass is 9.89. The highest BCUT2D eigenvalue weighted by molar-refractivity contribution is 9.10. The van der Waals surface area contributed by atoms with Gasteiger partial charge in [-0.1, -0.05) is 29.8 Å². The number of para-hydroxylation sites is 1. The van der Waals surface area contributed by atoms with Crippen LogP contribution in [0.4, 0.5) is 0 Å². The van der Waals surface area contributed by atoms with Gasteiger partial charge in [-0.05, 0) is 35.0 Å². The summed E-state index contributed by atoms with van der Waals surface area (Å²) < 4.78 is 22.0. The predicted octanol–water partition coefficient (Wildman–Crippen LogP) is 4.05. The molecule has 5 nitrogen and oxygen atoms in total. The number of aryl methyl sites for hydroxylation is 1. The Labute approximate surface area is 156 Å². The average Bonchev–Trinajstić information content (AvgIpc) is 2.61. The van der Waals surface area contributed by atoms with Crippen LogP contribution in [-0.4, -0.2) is 34.1 Å². The van der Waals surface area contributed by atoms with Crippen LogP contribution in [0.2, 0.25) is 0 Å². The van der Waals surface area contributed by atoms with E-state index < -0.39 is 11.9 Å². The second-order valence-electron chi connectivity index (χ2n) is 5.41. The lowest BCUT2D eigenvalue weighted by Gasteiger charge is -2.22. The molecule has 0 aliphatic rings. The number of carbonyl (C=O) groups excluding carboxylic acids is 1. The van der Waals surface area contributed by atoms with E-state index in [4.69, 9.17) is 18.9 Å². The molecule has 0 saturated heterocycles. The van der Waals surface area contributed by atoms with E-state index in [-0.39, 0.29) is 6.79 Å². The normalized spacial score (nSPS) is 11.7. The summed E-state index contributed by atoms with van der Waals surface area (Å²) >= 11 is 3.48. The van der Waals surface area contributed by atoms with Gasteiger partial charge in [0.2, 0.25) is 0 Å². The maximum atomic E-state index is 12.6. The zero-order valence-corrected chi connectivity index (χ0v) is 16.3. The summed E-state index contributed by atoms with van der Waals surface area (Å²) in [6.45, 7) is 2.02. The largest absolute Gasteiger partial charge is 0.496 e. The van der Waals surface area contributed by atoms with Crippen molar-refractivity contribution < 1.29 is 23.7 Å². The van der Waals surface area contributed by atoms with Gasteiger partial charge in [0.1, 0.15) is 17.4 Å². The minimum absolute atomic E-state index is 0.0639. The second kappa shape index (κ2) is 8.87. The fourth-order valence-electron chi connectivity index (χ4n) is 2.64. The van der Waals surface area contributed by atoms with Crippen molar-refractivity contribution in [3.8, 4) is 11.5 Å². The molecule has 2 rings (SSSR count). The monoisotopic (exact) mass is 408 g/mol. The van der Waals surface area contributed by atoms with Crippen LogP contribution in [0, 0.1) is 6.92 Å². The van der Waals surface area contributed by atoms with E-state index in [0.717, 1.165) is 15.6 Å². The molecule has 1 atom stereocenters. The van der Waals surface area contributed by atoms with Crippen LogP contribution < -0.4 is 9.47 Å². The number of hydrogen-bond acceptors (Lipinski definition) is 5. The van der Waals surface area contributed by atoms with Gasteiger partial charge in [-0.15, -0.1) is 0 Å². The number of carbonyl (C=O) groups is 1. The molecular formula is C19H21BrO5. The van der Waals surface area contributed by atoms with Crippen molar-refractivity contribution in [3.05, 3.63) is 57.6 Å². The summed E-state index contributed by atoms with van der Waals surface area (Å²) in [6, 6.07) is 11.2. The number of rotatable bonds is 7. The molecule has 0 saturated carbocycles. The van der Waals surface area contributed by atoms with Crippen molar-refractivity contribution in [2.24, 2.45) is 0 Å². The third-order valence-corrected chi connectivity index (χ3v) is 4.39. The highest BCUT2D eigenvalue weighted by Crippen LogP contribution is 2.41. The van der Waals surface area contributed by atoms with Crippen molar-refractivity contribution in [2.45, 2.75) is 12.8 Å². The molecule has 0 radical (unpaired) electrons. The zero-order valence-electron chi connectivity index (χ0n) is 14.7. The average molecular weight is 409 g/mol. The van der Waals surface area contributed by atoms with Crippen LogP contribution in [0.1, 0.15) is 22.6 Å². The number of halogens is 1. The van der Waals surface area contributed by atoms with Gasteiger partial charge in [-0.2, -0.15) is 0 Å². The highest BCUT2D eigenvalue weighted by atomic mass is 79.9. The third kappa shape index (κ3) is 4.32. The van der Waals surface area contributed by atoms with Gasteiger partial charge in [0, 0.05) is 18.2 Å². The summed E-state index contributed by atoms with van der Waals surface area (Å²) in [6.07, 6.45) is 0. The quantitative estimate of drug-likeness (QED) is 0.510.